The van der Waals surface area contributed by atoms with Crippen LogP contribution in [0.4, 0.5) is 5.69 Å². The number of rotatable bonds is 6. The predicted octanol–water partition coefficient (Wildman–Crippen LogP) is 6.47. The van der Waals surface area contributed by atoms with Crippen LogP contribution in [0.2, 0.25) is 20.1 Å². The molecule has 1 aliphatic heterocycles. The number of nitrogens with one attached hydrogen (secondary N) is 1. The highest BCUT2D eigenvalue weighted by Gasteiger charge is 2.35. The highest BCUT2D eigenvalue weighted by molar-refractivity contribution is 7.90. The van der Waals surface area contributed by atoms with Crippen LogP contribution in [0.3, 0.4) is 0 Å². The lowest BCUT2D eigenvalue weighted by Gasteiger charge is -2.20. The minimum Gasteiger partial charge on any atom is -0.307 e. The quantitative estimate of drug-likeness (QED) is 0.337. The Bertz CT molecular complexity index is 1520. The summed E-state index contributed by atoms with van der Waals surface area (Å²) in [6, 6.07) is 14.1. The molecule has 1 N–H and O–H groups in total. The second kappa shape index (κ2) is 10.4. The van der Waals surface area contributed by atoms with Gasteiger partial charge in [-0.05, 0) is 60.0 Å². The number of hydrogen-bond acceptors (Lipinski definition) is 4. The topological polar surface area (TPSA) is 83.6 Å². The third-order valence-corrected chi connectivity index (χ3v) is 8.34. The van der Waals surface area contributed by atoms with Crippen molar-refractivity contribution in [2.75, 3.05) is 4.90 Å². The summed E-state index contributed by atoms with van der Waals surface area (Å²) in [6.45, 7) is 2.00. The maximum atomic E-state index is 13.1. The SMILES string of the molecule is CC1C(=O)N(Cc2ccc(Cl)cc2Cl)c2c(/C=C/C(=O)NS(=O)(=O)c3ccc(Cl)c(Cl)c3)cccc21. The summed E-state index contributed by atoms with van der Waals surface area (Å²) in [5.41, 5.74) is 2.68. The van der Waals surface area contributed by atoms with Gasteiger partial charge in [0.15, 0.2) is 0 Å². The minimum absolute atomic E-state index is 0.0436. The zero-order valence-corrected chi connectivity index (χ0v) is 22.5. The van der Waals surface area contributed by atoms with E-state index in [0.29, 0.717) is 26.9 Å². The molecule has 0 bridgehead atoms. The van der Waals surface area contributed by atoms with Gasteiger partial charge in [0.2, 0.25) is 5.91 Å². The van der Waals surface area contributed by atoms with Crippen molar-refractivity contribution >= 4 is 80.0 Å². The monoisotopic (exact) mass is 582 g/mol. The zero-order valence-electron chi connectivity index (χ0n) is 18.6. The van der Waals surface area contributed by atoms with Crippen molar-refractivity contribution < 1.29 is 18.0 Å². The van der Waals surface area contributed by atoms with E-state index in [1.165, 1.54) is 18.2 Å². The van der Waals surface area contributed by atoms with Crippen LogP contribution in [-0.2, 0) is 26.2 Å². The predicted molar refractivity (Wildman–Crippen MR) is 143 cm³/mol. The molecule has 0 saturated heterocycles. The Hall–Kier alpha value is -2.55. The van der Waals surface area contributed by atoms with E-state index in [-0.39, 0.29) is 27.4 Å². The summed E-state index contributed by atoms with van der Waals surface area (Å²) in [5.74, 6) is -1.39. The van der Waals surface area contributed by atoms with Crippen molar-refractivity contribution in [1.29, 1.82) is 0 Å². The number of hydrogen-bond donors (Lipinski definition) is 1. The van der Waals surface area contributed by atoms with Crippen LogP contribution in [0.15, 0.2) is 65.6 Å². The molecule has 0 saturated carbocycles. The first-order valence-electron chi connectivity index (χ1n) is 10.6. The molecule has 0 aromatic heterocycles. The van der Waals surface area contributed by atoms with E-state index in [2.05, 4.69) is 0 Å². The number of carbonyl (C=O) groups is 2. The van der Waals surface area contributed by atoms with E-state index in [1.54, 1.807) is 42.2 Å². The number of amides is 2. The third kappa shape index (κ3) is 5.41. The van der Waals surface area contributed by atoms with Gasteiger partial charge in [-0.3, -0.25) is 9.59 Å². The number of para-hydroxylation sites is 1. The average molecular weight is 584 g/mol. The Kier molecular flexibility index (Phi) is 7.69. The van der Waals surface area contributed by atoms with Crippen LogP contribution in [0.25, 0.3) is 6.08 Å². The van der Waals surface area contributed by atoms with Crippen LogP contribution in [0.1, 0.15) is 29.5 Å². The Morgan fingerprint density at radius 2 is 1.75 bits per heavy atom. The summed E-state index contributed by atoms with van der Waals surface area (Å²) in [7, 11) is -4.18. The van der Waals surface area contributed by atoms with Gasteiger partial charge in [-0.2, -0.15) is 0 Å². The number of sulfonamides is 1. The van der Waals surface area contributed by atoms with Crippen LogP contribution in [0, 0.1) is 0 Å². The van der Waals surface area contributed by atoms with Crippen LogP contribution < -0.4 is 9.62 Å². The normalized spacial score (nSPS) is 15.4. The van der Waals surface area contributed by atoms with Gasteiger partial charge in [0, 0.05) is 16.1 Å². The molecule has 2 amide bonds. The largest absolute Gasteiger partial charge is 0.307 e. The Morgan fingerprint density at radius 1 is 1.00 bits per heavy atom. The molecule has 36 heavy (non-hydrogen) atoms. The van der Waals surface area contributed by atoms with Gasteiger partial charge in [0.05, 0.1) is 33.1 Å². The standard InChI is InChI=1S/C25H18Cl4N2O4S/c1-14-19-4-2-3-15(24(19)31(25(14)33)13-16-5-7-17(26)11-21(16)28)6-10-23(32)30-36(34,35)18-8-9-20(27)22(29)12-18/h2-12,14H,13H2,1H3,(H,30,32)/b10-6+. The number of nitrogens with zero attached hydrogens (tertiary/aromatic N) is 1. The first-order valence-corrected chi connectivity index (χ1v) is 13.6. The van der Waals surface area contributed by atoms with Crippen LogP contribution in [-0.4, -0.2) is 20.2 Å². The van der Waals surface area contributed by atoms with Crippen molar-refractivity contribution in [3.63, 3.8) is 0 Å². The van der Waals surface area contributed by atoms with Gasteiger partial charge in [-0.15, -0.1) is 0 Å². The minimum atomic E-state index is -4.18. The van der Waals surface area contributed by atoms with Crippen molar-refractivity contribution in [2.24, 2.45) is 0 Å². The molecule has 1 heterocycles. The molecule has 0 radical (unpaired) electrons. The first-order chi connectivity index (χ1) is 17.0. The fourth-order valence-corrected chi connectivity index (χ4v) is 5.67. The van der Waals surface area contributed by atoms with Gasteiger partial charge in [-0.1, -0.05) is 70.7 Å². The number of anilines is 1. The fourth-order valence-electron chi connectivity index (χ4n) is 3.86. The number of halogens is 4. The molecule has 1 unspecified atom stereocenters. The van der Waals surface area contributed by atoms with E-state index in [9.17, 15) is 18.0 Å². The maximum Gasteiger partial charge on any atom is 0.264 e. The van der Waals surface area contributed by atoms with Crippen molar-refractivity contribution in [2.45, 2.75) is 24.3 Å². The molecule has 4 rings (SSSR count). The lowest BCUT2D eigenvalue weighted by atomic mass is 10.00. The summed E-state index contributed by atoms with van der Waals surface area (Å²) >= 11 is 24.1. The Morgan fingerprint density at radius 3 is 2.44 bits per heavy atom. The molecule has 6 nitrogen and oxygen atoms in total. The molecule has 3 aromatic carbocycles. The van der Waals surface area contributed by atoms with Crippen molar-refractivity contribution in [1.82, 2.24) is 4.72 Å². The van der Waals surface area contributed by atoms with Crippen molar-refractivity contribution in [3.8, 4) is 0 Å². The summed E-state index contributed by atoms with van der Waals surface area (Å²) in [6.07, 6.45) is 2.55. The number of benzene rings is 3. The number of carbonyl (C=O) groups excluding carboxylic acids is 2. The average Bonchev–Trinajstić information content (AvgIpc) is 3.06. The lowest BCUT2D eigenvalue weighted by Crippen LogP contribution is -2.29. The third-order valence-electron chi connectivity index (χ3n) is 5.67. The zero-order chi connectivity index (χ0) is 26.2. The van der Waals surface area contributed by atoms with Crippen LogP contribution >= 0.6 is 46.4 Å². The van der Waals surface area contributed by atoms with Crippen LogP contribution in [0.5, 0.6) is 0 Å². The van der Waals surface area contributed by atoms with Gasteiger partial charge in [0.1, 0.15) is 0 Å². The fraction of sp³-hybridized carbons (Fsp3) is 0.120. The van der Waals surface area contributed by atoms with E-state index in [0.717, 1.165) is 17.7 Å². The molecular weight excluding hydrogens is 566 g/mol. The molecule has 186 valence electrons. The molecule has 0 fully saturated rings. The van der Waals surface area contributed by atoms with Gasteiger partial charge in [-0.25, -0.2) is 13.1 Å². The summed E-state index contributed by atoms with van der Waals surface area (Å²) in [5, 5.41) is 1.14. The second-order valence-electron chi connectivity index (χ2n) is 8.05. The lowest BCUT2D eigenvalue weighted by molar-refractivity contribution is -0.119. The van der Waals surface area contributed by atoms with Crippen molar-refractivity contribution in [3.05, 3.63) is 97.5 Å². The molecule has 0 spiro atoms. The second-order valence-corrected chi connectivity index (χ2v) is 11.4. The highest BCUT2D eigenvalue weighted by Crippen LogP contribution is 2.41. The van der Waals surface area contributed by atoms with Gasteiger partial charge in [0.25, 0.3) is 15.9 Å². The summed E-state index contributed by atoms with van der Waals surface area (Å²) < 4.78 is 27.1. The highest BCUT2D eigenvalue weighted by atomic mass is 35.5. The van der Waals surface area contributed by atoms with Gasteiger partial charge < -0.3 is 4.90 Å². The smallest absolute Gasteiger partial charge is 0.264 e. The molecule has 1 atom stereocenters. The van der Waals surface area contributed by atoms with E-state index >= 15 is 0 Å². The van der Waals surface area contributed by atoms with E-state index in [4.69, 9.17) is 46.4 Å². The number of fused-ring (bicyclic) bond motifs is 1. The van der Waals surface area contributed by atoms with Gasteiger partial charge >= 0.3 is 0 Å². The molecule has 1 aliphatic rings. The molecular formula is C25H18Cl4N2O4S. The van der Waals surface area contributed by atoms with E-state index in [1.807, 2.05) is 10.8 Å². The first kappa shape index (κ1) is 26.5. The molecule has 0 aliphatic carbocycles. The summed E-state index contributed by atoms with van der Waals surface area (Å²) in [4.78, 5) is 27.0. The molecule has 3 aromatic rings. The maximum absolute atomic E-state index is 13.1. The molecule has 11 heteroatoms. The Labute approximate surface area is 228 Å². The van der Waals surface area contributed by atoms with E-state index < -0.39 is 21.8 Å². The Balaban J connectivity index is 1.61.